The highest BCUT2D eigenvalue weighted by molar-refractivity contribution is 4.79. The molecule has 13 heavy (non-hydrogen) atoms. The van der Waals surface area contributed by atoms with E-state index in [1.807, 2.05) is 7.05 Å². The highest BCUT2D eigenvalue weighted by atomic mass is 16.5. The summed E-state index contributed by atoms with van der Waals surface area (Å²) in [4.78, 5) is 0. The molecule has 1 aliphatic rings. The number of likely N-dealkylation sites (N-methyl/N-ethyl adjacent to an activating group) is 1. The van der Waals surface area contributed by atoms with Crippen LogP contribution in [0.15, 0.2) is 0 Å². The second-order valence-corrected chi connectivity index (χ2v) is 4.26. The summed E-state index contributed by atoms with van der Waals surface area (Å²) >= 11 is 0. The van der Waals surface area contributed by atoms with Gasteiger partial charge in [0.15, 0.2) is 0 Å². The minimum atomic E-state index is 0.360. The predicted molar refractivity (Wildman–Crippen MR) is 55.9 cm³/mol. The van der Waals surface area contributed by atoms with Crippen molar-refractivity contribution in [3.63, 3.8) is 0 Å². The molecule has 0 saturated heterocycles. The quantitative estimate of drug-likeness (QED) is 0.681. The molecule has 1 N–H and O–H groups in total. The number of hydrogen-bond donors (Lipinski definition) is 1. The maximum atomic E-state index is 5.91. The molecule has 0 aromatic heterocycles. The lowest BCUT2D eigenvalue weighted by atomic mass is 10.1. The third-order valence-electron chi connectivity index (χ3n) is 2.77. The van der Waals surface area contributed by atoms with Gasteiger partial charge in [-0.3, -0.25) is 0 Å². The van der Waals surface area contributed by atoms with Crippen molar-refractivity contribution in [2.75, 3.05) is 7.05 Å². The molecule has 0 unspecified atom stereocenters. The van der Waals surface area contributed by atoms with Crippen molar-refractivity contribution in [1.82, 2.24) is 5.32 Å². The first-order chi connectivity index (χ1) is 6.24. The molecule has 0 bridgehead atoms. The van der Waals surface area contributed by atoms with Crippen LogP contribution in [-0.2, 0) is 4.74 Å². The molecular formula is C11H23NO. The first-order valence-corrected chi connectivity index (χ1v) is 5.56. The minimum absolute atomic E-state index is 0.360. The van der Waals surface area contributed by atoms with Crippen molar-refractivity contribution in [2.45, 2.75) is 64.2 Å². The average molecular weight is 185 g/mol. The van der Waals surface area contributed by atoms with E-state index in [0.29, 0.717) is 18.2 Å². The maximum absolute atomic E-state index is 5.91. The Kier molecular flexibility index (Phi) is 4.74. The van der Waals surface area contributed by atoms with Gasteiger partial charge in [-0.2, -0.15) is 0 Å². The molecule has 2 atom stereocenters. The average Bonchev–Trinajstić information content (AvgIpc) is 2.28. The Hall–Kier alpha value is -0.0800. The van der Waals surface area contributed by atoms with Gasteiger partial charge in [0.2, 0.25) is 0 Å². The molecule has 0 amide bonds. The van der Waals surface area contributed by atoms with E-state index in [1.54, 1.807) is 0 Å². The van der Waals surface area contributed by atoms with Gasteiger partial charge < -0.3 is 10.1 Å². The number of hydrogen-bond acceptors (Lipinski definition) is 2. The second kappa shape index (κ2) is 5.61. The largest absolute Gasteiger partial charge is 0.374 e. The van der Waals surface area contributed by atoms with Crippen molar-refractivity contribution in [3.05, 3.63) is 0 Å². The molecule has 0 aliphatic heterocycles. The van der Waals surface area contributed by atoms with E-state index in [0.717, 1.165) is 0 Å². The molecule has 1 aliphatic carbocycles. The van der Waals surface area contributed by atoms with Crippen LogP contribution in [0.3, 0.4) is 0 Å². The van der Waals surface area contributed by atoms with Crippen molar-refractivity contribution >= 4 is 0 Å². The van der Waals surface area contributed by atoms with Gasteiger partial charge in [0.1, 0.15) is 0 Å². The molecule has 2 heteroatoms. The summed E-state index contributed by atoms with van der Waals surface area (Å²) in [5.41, 5.74) is 0. The highest BCUT2D eigenvalue weighted by Crippen LogP contribution is 2.21. The van der Waals surface area contributed by atoms with Crippen molar-refractivity contribution < 1.29 is 4.74 Å². The Morgan fingerprint density at radius 1 is 1.15 bits per heavy atom. The third kappa shape index (κ3) is 3.65. The molecule has 78 valence electrons. The smallest absolute Gasteiger partial charge is 0.0731 e. The van der Waals surface area contributed by atoms with Gasteiger partial charge >= 0.3 is 0 Å². The molecule has 0 aromatic carbocycles. The summed E-state index contributed by atoms with van der Waals surface area (Å²) in [6.07, 6.45) is 7.35. The van der Waals surface area contributed by atoms with Crippen LogP contribution in [-0.4, -0.2) is 25.3 Å². The monoisotopic (exact) mass is 185 g/mol. The Morgan fingerprint density at radius 3 is 2.46 bits per heavy atom. The first kappa shape index (κ1) is 11.0. The summed E-state index contributed by atoms with van der Waals surface area (Å²) < 4.78 is 5.91. The van der Waals surface area contributed by atoms with Crippen molar-refractivity contribution in [3.8, 4) is 0 Å². The fraction of sp³-hybridized carbons (Fsp3) is 1.00. The second-order valence-electron chi connectivity index (χ2n) is 4.26. The Bertz CT molecular complexity index is 136. The summed E-state index contributed by atoms with van der Waals surface area (Å²) in [5.74, 6) is 0. The topological polar surface area (TPSA) is 21.3 Å². The van der Waals surface area contributed by atoms with Crippen LogP contribution in [0.5, 0.6) is 0 Å². The van der Waals surface area contributed by atoms with Crippen LogP contribution >= 0.6 is 0 Å². The normalized spacial score (nSPS) is 30.5. The van der Waals surface area contributed by atoms with Crippen molar-refractivity contribution in [1.29, 1.82) is 0 Å². The van der Waals surface area contributed by atoms with E-state index in [-0.39, 0.29) is 0 Å². The number of rotatable bonds is 3. The summed E-state index contributed by atoms with van der Waals surface area (Å²) in [6, 6.07) is 0.574. The van der Waals surface area contributed by atoms with Crippen LogP contribution in [0.4, 0.5) is 0 Å². The van der Waals surface area contributed by atoms with E-state index in [1.165, 1.54) is 32.1 Å². The zero-order chi connectivity index (χ0) is 9.68. The number of nitrogens with one attached hydrogen (secondary N) is 1. The van der Waals surface area contributed by atoms with E-state index >= 15 is 0 Å². The first-order valence-electron chi connectivity index (χ1n) is 5.56. The van der Waals surface area contributed by atoms with Gasteiger partial charge in [-0.15, -0.1) is 0 Å². The summed E-state index contributed by atoms with van der Waals surface area (Å²) in [7, 11) is 2.05. The van der Waals surface area contributed by atoms with Crippen LogP contribution in [0, 0.1) is 0 Å². The molecular weight excluding hydrogens is 162 g/mol. The fourth-order valence-electron chi connectivity index (χ4n) is 2.12. The van der Waals surface area contributed by atoms with Crippen molar-refractivity contribution in [2.24, 2.45) is 0 Å². The molecule has 1 fully saturated rings. The van der Waals surface area contributed by atoms with E-state index < -0.39 is 0 Å². The lowest BCUT2D eigenvalue weighted by Crippen LogP contribution is -2.39. The Labute approximate surface area is 82.0 Å². The minimum Gasteiger partial charge on any atom is -0.374 e. The van der Waals surface area contributed by atoms with Crippen LogP contribution in [0.25, 0.3) is 0 Å². The Balaban J connectivity index is 2.44. The van der Waals surface area contributed by atoms with E-state index in [9.17, 15) is 0 Å². The molecule has 1 saturated carbocycles. The van der Waals surface area contributed by atoms with E-state index in [2.05, 4.69) is 19.2 Å². The Morgan fingerprint density at radius 2 is 1.85 bits per heavy atom. The maximum Gasteiger partial charge on any atom is 0.0731 e. The van der Waals surface area contributed by atoms with Gasteiger partial charge in [-0.25, -0.2) is 0 Å². The predicted octanol–water partition coefficient (Wildman–Crippen LogP) is 2.33. The van der Waals surface area contributed by atoms with E-state index in [4.69, 9.17) is 4.74 Å². The molecule has 0 aromatic rings. The van der Waals surface area contributed by atoms with Gasteiger partial charge in [-0.1, -0.05) is 19.3 Å². The highest BCUT2D eigenvalue weighted by Gasteiger charge is 2.23. The zero-order valence-electron chi connectivity index (χ0n) is 9.18. The zero-order valence-corrected chi connectivity index (χ0v) is 9.18. The third-order valence-corrected chi connectivity index (χ3v) is 2.77. The van der Waals surface area contributed by atoms with Crippen LogP contribution in [0.2, 0.25) is 0 Å². The van der Waals surface area contributed by atoms with Gasteiger partial charge in [0.25, 0.3) is 0 Å². The SMILES string of the molecule is CN[C@H]1CCCCC[C@@H]1OC(C)C. The van der Waals surface area contributed by atoms with Gasteiger partial charge in [0.05, 0.1) is 12.2 Å². The standard InChI is InChI=1S/C11H23NO/c1-9(2)13-11-8-6-4-5-7-10(11)12-3/h9-12H,4-8H2,1-3H3/t10-,11-/m0/s1. The molecule has 0 spiro atoms. The molecule has 2 nitrogen and oxygen atoms in total. The molecule has 0 radical (unpaired) electrons. The number of ether oxygens (including phenoxy) is 1. The molecule has 0 heterocycles. The van der Waals surface area contributed by atoms with Gasteiger partial charge in [0, 0.05) is 6.04 Å². The lowest BCUT2D eigenvalue weighted by Gasteiger charge is -2.26. The fourth-order valence-corrected chi connectivity index (χ4v) is 2.12. The van der Waals surface area contributed by atoms with Crippen LogP contribution < -0.4 is 5.32 Å². The summed E-state index contributed by atoms with van der Waals surface area (Å²) in [6.45, 7) is 4.25. The van der Waals surface area contributed by atoms with Gasteiger partial charge in [-0.05, 0) is 33.7 Å². The summed E-state index contributed by atoms with van der Waals surface area (Å²) in [5, 5.41) is 3.37. The lowest BCUT2D eigenvalue weighted by molar-refractivity contribution is -0.0157. The van der Waals surface area contributed by atoms with Crippen LogP contribution in [0.1, 0.15) is 46.0 Å². The molecule has 1 rings (SSSR count).